The molecule has 108 valence electrons. The molecule has 20 heavy (non-hydrogen) atoms. The number of nitrogens with one attached hydrogen (secondary N) is 1. The van der Waals surface area contributed by atoms with Crippen LogP contribution in [0.1, 0.15) is 44.4 Å². The first-order valence-electron chi connectivity index (χ1n) is 7.45. The first-order chi connectivity index (χ1) is 9.61. The molecule has 1 aromatic carbocycles. The van der Waals surface area contributed by atoms with Crippen molar-refractivity contribution >= 4 is 0 Å². The number of aromatic nitrogens is 2. The average molecular weight is 271 g/mol. The lowest BCUT2D eigenvalue weighted by Crippen LogP contribution is -2.13. The van der Waals surface area contributed by atoms with E-state index < -0.39 is 0 Å². The summed E-state index contributed by atoms with van der Waals surface area (Å²) in [7, 11) is 1.98. The highest BCUT2D eigenvalue weighted by Gasteiger charge is 2.12. The highest BCUT2D eigenvalue weighted by atomic mass is 15.3. The van der Waals surface area contributed by atoms with Crippen molar-refractivity contribution in [3.05, 3.63) is 41.7 Å². The zero-order chi connectivity index (χ0) is 14.5. The van der Waals surface area contributed by atoms with Crippen LogP contribution in [0.5, 0.6) is 0 Å². The van der Waals surface area contributed by atoms with Crippen LogP contribution < -0.4 is 5.32 Å². The maximum absolute atomic E-state index is 4.57. The largest absolute Gasteiger partial charge is 0.313 e. The number of rotatable bonds is 6. The Bertz CT molecular complexity index is 538. The third-order valence-electron chi connectivity index (χ3n) is 3.43. The molecule has 0 amide bonds. The van der Waals surface area contributed by atoms with Gasteiger partial charge in [0.1, 0.15) is 0 Å². The third-order valence-corrected chi connectivity index (χ3v) is 3.43. The molecule has 0 unspecified atom stereocenters. The van der Waals surface area contributed by atoms with Crippen LogP contribution in [0.4, 0.5) is 0 Å². The number of hydrogen-bond acceptors (Lipinski definition) is 2. The van der Waals surface area contributed by atoms with Gasteiger partial charge in [-0.1, -0.05) is 45.0 Å². The summed E-state index contributed by atoms with van der Waals surface area (Å²) in [6, 6.07) is 8.81. The van der Waals surface area contributed by atoms with Crippen LogP contribution in [0.25, 0.3) is 11.1 Å². The first kappa shape index (κ1) is 14.8. The van der Waals surface area contributed by atoms with E-state index in [-0.39, 0.29) is 0 Å². The number of benzene rings is 1. The van der Waals surface area contributed by atoms with Crippen molar-refractivity contribution in [2.45, 2.75) is 39.7 Å². The molecule has 0 aliphatic rings. The zero-order valence-electron chi connectivity index (χ0n) is 13.0. The van der Waals surface area contributed by atoms with E-state index in [0.717, 1.165) is 13.1 Å². The Balaban J connectivity index is 2.17. The van der Waals surface area contributed by atoms with E-state index in [0.29, 0.717) is 5.92 Å². The SMILES string of the molecule is CCCNCc1ccc(-c2cn(C)nc2C(C)C)cc1. The van der Waals surface area contributed by atoms with E-state index in [4.69, 9.17) is 0 Å². The lowest BCUT2D eigenvalue weighted by Gasteiger charge is -2.07. The van der Waals surface area contributed by atoms with E-state index in [1.54, 1.807) is 0 Å². The fourth-order valence-electron chi connectivity index (χ4n) is 2.37. The molecule has 0 spiro atoms. The van der Waals surface area contributed by atoms with E-state index in [1.165, 1.54) is 28.8 Å². The average Bonchev–Trinajstić information content (AvgIpc) is 2.82. The second-order valence-corrected chi connectivity index (χ2v) is 5.63. The predicted molar refractivity (Wildman–Crippen MR) is 84.7 cm³/mol. The van der Waals surface area contributed by atoms with Gasteiger partial charge in [0.05, 0.1) is 5.69 Å². The fourth-order valence-corrected chi connectivity index (χ4v) is 2.37. The van der Waals surface area contributed by atoms with Crippen molar-refractivity contribution < 1.29 is 0 Å². The summed E-state index contributed by atoms with van der Waals surface area (Å²) in [5.41, 5.74) is 5.00. The summed E-state index contributed by atoms with van der Waals surface area (Å²) in [6.07, 6.45) is 3.28. The second-order valence-electron chi connectivity index (χ2n) is 5.63. The molecule has 0 bridgehead atoms. The summed E-state index contributed by atoms with van der Waals surface area (Å²) in [6.45, 7) is 8.58. The standard InChI is InChI=1S/C17H25N3/c1-5-10-18-11-14-6-8-15(9-7-14)16-12-20(4)19-17(16)13(2)3/h6-9,12-13,18H,5,10-11H2,1-4H3. The number of nitrogens with zero attached hydrogens (tertiary/aromatic N) is 2. The smallest absolute Gasteiger partial charge is 0.0728 e. The molecule has 2 rings (SSSR count). The monoisotopic (exact) mass is 271 g/mol. The normalized spacial score (nSPS) is 11.2. The van der Waals surface area contributed by atoms with Crippen LogP contribution in [-0.4, -0.2) is 16.3 Å². The van der Waals surface area contributed by atoms with E-state index in [1.807, 2.05) is 11.7 Å². The minimum atomic E-state index is 0.442. The van der Waals surface area contributed by atoms with E-state index >= 15 is 0 Å². The van der Waals surface area contributed by atoms with Gasteiger partial charge in [-0.2, -0.15) is 5.10 Å². The highest BCUT2D eigenvalue weighted by molar-refractivity contribution is 5.66. The molecule has 0 aliphatic heterocycles. The molecular formula is C17H25N3. The molecule has 1 aromatic heterocycles. The topological polar surface area (TPSA) is 29.9 Å². The maximum atomic E-state index is 4.57. The molecule has 0 saturated carbocycles. The fraction of sp³-hybridized carbons (Fsp3) is 0.471. The van der Waals surface area contributed by atoms with Gasteiger partial charge in [0.2, 0.25) is 0 Å². The van der Waals surface area contributed by atoms with Gasteiger partial charge in [-0.05, 0) is 30.0 Å². The molecule has 1 heterocycles. The Morgan fingerprint density at radius 1 is 1.20 bits per heavy atom. The molecule has 3 nitrogen and oxygen atoms in total. The van der Waals surface area contributed by atoms with Gasteiger partial charge < -0.3 is 5.32 Å². The Morgan fingerprint density at radius 3 is 2.50 bits per heavy atom. The molecule has 1 N–H and O–H groups in total. The van der Waals surface area contributed by atoms with E-state index in [9.17, 15) is 0 Å². The first-order valence-corrected chi connectivity index (χ1v) is 7.45. The van der Waals surface area contributed by atoms with Crippen LogP contribution in [-0.2, 0) is 13.6 Å². The van der Waals surface area contributed by atoms with E-state index in [2.05, 4.69) is 61.6 Å². The molecular weight excluding hydrogens is 246 g/mol. The van der Waals surface area contributed by atoms with Crippen molar-refractivity contribution in [1.82, 2.24) is 15.1 Å². The summed E-state index contributed by atoms with van der Waals surface area (Å²) < 4.78 is 1.90. The maximum Gasteiger partial charge on any atom is 0.0728 e. The third kappa shape index (κ3) is 3.48. The van der Waals surface area contributed by atoms with Crippen LogP contribution >= 0.6 is 0 Å². The lowest BCUT2D eigenvalue weighted by molar-refractivity contribution is 0.675. The van der Waals surface area contributed by atoms with Gasteiger partial charge in [0, 0.05) is 25.4 Å². The molecule has 0 saturated heterocycles. The zero-order valence-corrected chi connectivity index (χ0v) is 13.0. The summed E-state index contributed by atoms with van der Waals surface area (Å²) >= 11 is 0. The Labute approximate surface area is 122 Å². The van der Waals surface area contributed by atoms with Crippen molar-refractivity contribution in [3.8, 4) is 11.1 Å². The molecule has 0 radical (unpaired) electrons. The van der Waals surface area contributed by atoms with Crippen molar-refractivity contribution in [3.63, 3.8) is 0 Å². The molecule has 3 heteroatoms. The minimum Gasteiger partial charge on any atom is -0.313 e. The molecule has 0 atom stereocenters. The van der Waals surface area contributed by atoms with Crippen LogP contribution in [0.2, 0.25) is 0 Å². The van der Waals surface area contributed by atoms with Crippen LogP contribution in [0.15, 0.2) is 30.5 Å². The lowest BCUT2D eigenvalue weighted by atomic mass is 9.99. The van der Waals surface area contributed by atoms with Gasteiger partial charge in [0.15, 0.2) is 0 Å². The quantitative estimate of drug-likeness (QED) is 0.812. The second kappa shape index (κ2) is 6.71. The van der Waals surface area contributed by atoms with Gasteiger partial charge in [-0.3, -0.25) is 4.68 Å². The highest BCUT2D eigenvalue weighted by Crippen LogP contribution is 2.28. The van der Waals surface area contributed by atoms with Crippen LogP contribution in [0, 0.1) is 0 Å². The molecule has 0 aliphatic carbocycles. The molecule has 2 aromatic rings. The Kier molecular flexibility index (Phi) is 4.96. The van der Waals surface area contributed by atoms with Crippen molar-refractivity contribution in [1.29, 1.82) is 0 Å². The number of aryl methyl sites for hydroxylation is 1. The van der Waals surface area contributed by atoms with Gasteiger partial charge in [-0.15, -0.1) is 0 Å². The summed E-state index contributed by atoms with van der Waals surface area (Å²) in [4.78, 5) is 0. The van der Waals surface area contributed by atoms with Gasteiger partial charge in [0.25, 0.3) is 0 Å². The summed E-state index contributed by atoms with van der Waals surface area (Å²) in [5.74, 6) is 0.442. The van der Waals surface area contributed by atoms with Crippen molar-refractivity contribution in [2.24, 2.45) is 7.05 Å². The van der Waals surface area contributed by atoms with Gasteiger partial charge in [-0.25, -0.2) is 0 Å². The van der Waals surface area contributed by atoms with Crippen LogP contribution in [0.3, 0.4) is 0 Å². The van der Waals surface area contributed by atoms with Gasteiger partial charge >= 0.3 is 0 Å². The minimum absolute atomic E-state index is 0.442. The number of hydrogen-bond donors (Lipinski definition) is 1. The molecule has 0 fully saturated rings. The van der Waals surface area contributed by atoms with Crippen molar-refractivity contribution in [2.75, 3.05) is 6.54 Å². The predicted octanol–water partition coefficient (Wildman–Crippen LogP) is 3.71. The Hall–Kier alpha value is -1.61. The summed E-state index contributed by atoms with van der Waals surface area (Å²) in [5, 5.41) is 8.00. The Morgan fingerprint density at radius 2 is 1.90 bits per heavy atom.